The number of urea groups is 1. The SMILES string of the molecule is N#Cc1cccc(NC(=O)NCCCN2[C@@H]3CC[C@H]2C[C@H](Cc2ccc(F)cc2)C3)c1. The van der Waals surface area contributed by atoms with Gasteiger partial charge in [0.25, 0.3) is 0 Å². The van der Waals surface area contributed by atoms with Gasteiger partial charge in [0, 0.05) is 30.9 Å². The van der Waals surface area contributed by atoms with Gasteiger partial charge in [-0.25, -0.2) is 9.18 Å². The van der Waals surface area contributed by atoms with E-state index in [0.29, 0.717) is 35.8 Å². The van der Waals surface area contributed by atoms with Gasteiger partial charge in [-0.2, -0.15) is 5.26 Å². The molecule has 4 rings (SSSR count). The maximum atomic E-state index is 13.1. The van der Waals surface area contributed by atoms with Crippen molar-refractivity contribution in [3.8, 4) is 6.07 Å². The smallest absolute Gasteiger partial charge is 0.319 e. The van der Waals surface area contributed by atoms with E-state index in [-0.39, 0.29) is 11.8 Å². The highest BCUT2D eigenvalue weighted by Crippen LogP contribution is 2.39. The zero-order valence-corrected chi connectivity index (χ0v) is 17.7. The Labute approximate surface area is 183 Å². The minimum absolute atomic E-state index is 0.170. The van der Waals surface area contributed by atoms with Crippen LogP contribution in [0.4, 0.5) is 14.9 Å². The number of carbonyl (C=O) groups excluding carboxylic acids is 1. The standard InChI is InChI=1S/C25H29FN4O/c26-21-7-5-18(6-8-21)13-20-15-23-9-10-24(16-20)30(23)12-2-11-28-25(31)29-22-4-1-3-19(14-22)17-27/h1,3-8,14,20,23-24H,2,9-13,15-16H2,(H2,28,29,31)/t20-,23-,24+. The third kappa shape index (κ3) is 5.62. The maximum Gasteiger partial charge on any atom is 0.319 e. The molecule has 2 fully saturated rings. The zero-order chi connectivity index (χ0) is 21.6. The van der Waals surface area contributed by atoms with Gasteiger partial charge in [0.15, 0.2) is 0 Å². The van der Waals surface area contributed by atoms with E-state index in [9.17, 15) is 9.18 Å². The van der Waals surface area contributed by atoms with E-state index in [1.807, 2.05) is 12.1 Å². The molecule has 2 aromatic carbocycles. The molecule has 0 aromatic heterocycles. The van der Waals surface area contributed by atoms with Crippen LogP contribution in [0.5, 0.6) is 0 Å². The highest BCUT2D eigenvalue weighted by molar-refractivity contribution is 5.89. The molecule has 31 heavy (non-hydrogen) atoms. The number of fused-ring (bicyclic) bond motifs is 2. The van der Waals surface area contributed by atoms with Crippen molar-refractivity contribution in [2.45, 2.75) is 50.6 Å². The minimum Gasteiger partial charge on any atom is -0.338 e. The van der Waals surface area contributed by atoms with Crippen LogP contribution in [0.15, 0.2) is 48.5 Å². The van der Waals surface area contributed by atoms with Crippen molar-refractivity contribution >= 4 is 11.7 Å². The number of benzene rings is 2. The monoisotopic (exact) mass is 420 g/mol. The Morgan fingerprint density at radius 3 is 2.58 bits per heavy atom. The van der Waals surface area contributed by atoms with Gasteiger partial charge in [-0.15, -0.1) is 0 Å². The molecule has 0 aliphatic carbocycles. The Hall–Kier alpha value is -2.91. The van der Waals surface area contributed by atoms with E-state index in [2.05, 4.69) is 21.6 Å². The van der Waals surface area contributed by atoms with Gasteiger partial charge in [-0.3, -0.25) is 4.90 Å². The molecule has 2 bridgehead atoms. The molecule has 2 aliphatic rings. The van der Waals surface area contributed by atoms with Crippen molar-refractivity contribution in [2.75, 3.05) is 18.4 Å². The summed E-state index contributed by atoms with van der Waals surface area (Å²) in [5.41, 5.74) is 2.38. The number of carbonyl (C=O) groups is 1. The van der Waals surface area contributed by atoms with Crippen molar-refractivity contribution in [1.82, 2.24) is 10.2 Å². The fourth-order valence-corrected chi connectivity index (χ4v) is 5.18. The molecule has 0 radical (unpaired) electrons. The highest BCUT2D eigenvalue weighted by atomic mass is 19.1. The van der Waals surface area contributed by atoms with Crippen LogP contribution in [-0.4, -0.2) is 36.1 Å². The molecule has 2 aromatic rings. The normalized spacial score (nSPS) is 22.6. The molecule has 2 N–H and O–H groups in total. The summed E-state index contributed by atoms with van der Waals surface area (Å²) < 4.78 is 13.1. The van der Waals surface area contributed by atoms with E-state index in [4.69, 9.17) is 5.26 Å². The molecule has 0 unspecified atom stereocenters. The van der Waals surface area contributed by atoms with Crippen molar-refractivity contribution in [2.24, 2.45) is 5.92 Å². The first-order valence-electron chi connectivity index (χ1n) is 11.2. The van der Waals surface area contributed by atoms with Crippen molar-refractivity contribution < 1.29 is 9.18 Å². The second kappa shape index (κ2) is 9.93. The van der Waals surface area contributed by atoms with E-state index in [1.54, 1.807) is 36.4 Å². The molecule has 0 saturated carbocycles. The molecule has 5 nitrogen and oxygen atoms in total. The van der Waals surface area contributed by atoms with E-state index < -0.39 is 0 Å². The van der Waals surface area contributed by atoms with Crippen molar-refractivity contribution in [3.05, 3.63) is 65.5 Å². The number of anilines is 1. The molecule has 2 aliphatic heterocycles. The Morgan fingerprint density at radius 2 is 1.87 bits per heavy atom. The van der Waals surface area contributed by atoms with Crippen molar-refractivity contribution in [3.63, 3.8) is 0 Å². The number of piperidine rings is 1. The minimum atomic E-state index is -0.240. The molecular weight excluding hydrogens is 391 g/mol. The third-order valence-electron chi connectivity index (χ3n) is 6.55. The van der Waals surface area contributed by atoms with Crippen LogP contribution in [0.3, 0.4) is 0 Å². The van der Waals surface area contributed by atoms with Crippen LogP contribution in [0.25, 0.3) is 0 Å². The summed E-state index contributed by atoms with van der Waals surface area (Å²) in [6.45, 7) is 1.63. The van der Waals surface area contributed by atoms with Crippen LogP contribution in [0, 0.1) is 23.1 Å². The summed E-state index contributed by atoms with van der Waals surface area (Å²) in [7, 11) is 0. The average Bonchev–Trinajstić information content (AvgIpc) is 3.01. The Balaban J connectivity index is 1.18. The lowest BCUT2D eigenvalue weighted by molar-refractivity contribution is 0.102. The summed E-state index contributed by atoms with van der Waals surface area (Å²) in [6, 6.07) is 16.9. The van der Waals surface area contributed by atoms with E-state index in [0.717, 1.165) is 19.4 Å². The number of halogens is 1. The molecule has 0 spiro atoms. The van der Waals surface area contributed by atoms with Gasteiger partial charge in [-0.05, 0) is 80.3 Å². The predicted molar refractivity (Wildman–Crippen MR) is 119 cm³/mol. The fraction of sp³-hybridized carbons (Fsp3) is 0.440. The molecule has 3 atom stereocenters. The summed E-state index contributed by atoms with van der Waals surface area (Å²) in [4.78, 5) is 14.7. The number of nitrogens with one attached hydrogen (secondary N) is 2. The van der Waals surface area contributed by atoms with E-state index >= 15 is 0 Å². The summed E-state index contributed by atoms with van der Waals surface area (Å²) in [5, 5.41) is 14.6. The molecule has 162 valence electrons. The van der Waals surface area contributed by atoms with Crippen LogP contribution in [-0.2, 0) is 6.42 Å². The summed E-state index contributed by atoms with van der Waals surface area (Å²) in [5.74, 6) is 0.504. The van der Waals surface area contributed by atoms with Gasteiger partial charge in [0.05, 0.1) is 11.6 Å². The molecular formula is C25H29FN4O. The lowest BCUT2D eigenvalue weighted by atomic mass is 9.85. The molecule has 2 amide bonds. The van der Waals surface area contributed by atoms with Crippen LogP contribution < -0.4 is 10.6 Å². The second-order valence-corrected chi connectivity index (χ2v) is 8.72. The number of rotatable bonds is 7. The van der Waals surface area contributed by atoms with Crippen LogP contribution >= 0.6 is 0 Å². The predicted octanol–water partition coefficient (Wildman–Crippen LogP) is 4.69. The molecule has 2 heterocycles. The van der Waals surface area contributed by atoms with E-state index in [1.165, 1.54) is 31.2 Å². The van der Waals surface area contributed by atoms with Gasteiger partial charge in [-0.1, -0.05) is 18.2 Å². The molecule has 2 saturated heterocycles. The fourth-order valence-electron chi connectivity index (χ4n) is 5.18. The van der Waals surface area contributed by atoms with Crippen LogP contribution in [0.1, 0.15) is 43.2 Å². The van der Waals surface area contributed by atoms with Gasteiger partial charge in [0.1, 0.15) is 5.82 Å². The van der Waals surface area contributed by atoms with Gasteiger partial charge >= 0.3 is 6.03 Å². The number of hydrogen-bond acceptors (Lipinski definition) is 3. The largest absolute Gasteiger partial charge is 0.338 e. The quantitative estimate of drug-likeness (QED) is 0.638. The summed E-state index contributed by atoms with van der Waals surface area (Å²) >= 11 is 0. The Bertz CT molecular complexity index is 925. The molecule has 6 heteroatoms. The van der Waals surface area contributed by atoms with Crippen molar-refractivity contribution in [1.29, 1.82) is 5.26 Å². The number of nitrogens with zero attached hydrogens (tertiary/aromatic N) is 2. The van der Waals surface area contributed by atoms with Gasteiger partial charge < -0.3 is 10.6 Å². The second-order valence-electron chi connectivity index (χ2n) is 8.72. The van der Waals surface area contributed by atoms with Gasteiger partial charge in [0.2, 0.25) is 0 Å². The lowest BCUT2D eigenvalue weighted by Crippen LogP contribution is -2.44. The Morgan fingerprint density at radius 1 is 1.13 bits per heavy atom. The maximum absolute atomic E-state index is 13.1. The summed E-state index contributed by atoms with van der Waals surface area (Å²) in [6.07, 6.45) is 6.88. The highest BCUT2D eigenvalue weighted by Gasteiger charge is 2.39. The topological polar surface area (TPSA) is 68.2 Å². The van der Waals surface area contributed by atoms with Crippen LogP contribution in [0.2, 0.25) is 0 Å². The number of nitriles is 1. The third-order valence-corrected chi connectivity index (χ3v) is 6.55. The number of amides is 2. The average molecular weight is 421 g/mol. The number of hydrogen-bond donors (Lipinski definition) is 2. The first kappa shape index (κ1) is 21.3. The first-order valence-corrected chi connectivity index (χ1v) is 11.2. The Kier molecular flexibility index (Phi) is 6.83. The lowest BCUT2D eigenvalue weighted by Gasteiger charge is -2.39. The zero-order valence-electron chi connectivity index (χ0n) is 17.7. The first-order chi connectivity index (χ1) is 15.1.